The third kappa shape index (κ3) is 2.67. The minimum absolute atomic E-state index is 0.839. The van der Waals surface area contributed by atoms with Gasteiger partial charge in [0.15, 0.2) is 5.82 Å². The number of hydrogen-bond acceptors (Lipinski definition) is 3. The van der Waals surface area contributed by atoms with Crippen molar-refractivity contribution in [3.8, 4) is 5.82 Å². The second-order valence-electron chi connectivity index (χ2n) is 5.28. The van der Waals surface area contributed by atoms with E-state index < -0.39 is 0 Å². The molecule has 2 aromatic heterocycles. The zero-order valence-electron chi connectivity index (χ0n) is 12.7. The van der Waals surface area contributed by atoms with Gasteiger partial charge in [-0.15, -0.1) is 0 Å². The van der Waals surface area contributed by atoms with Gasteiger partial charge in [-0.1, -0.05) is 25.1 Å². The first-order chi connectivity index (χ1) is 10.2. The van der Waals surface area contributed by atoms with Crippen LogP contribution >= 0.6 is 0 Å². The molecule has 1 aromatic carbocycles. The van der Waals surface area contributed by atoms with Crippen LogP contribution in [0.1, 0.15) is 23.9 Å². The normalized spacial score (nSPS) is 11.2. The van der Waals surface area contributed by atoms with E-state index >= 15 is 0 Å². The first-order valence-corrected chi connectivity index (χ1v) is 7.32. The molecule has 0 atom stereocenters. The highest BCUT2D eigenvalue weighted by Crippen LogP contribution is 2.21. The predicted molar refractivity (Wildman–Crippen MR) is 85.7 cm³/mol. The molecule has 0 aliphatic rings. The fraction of sp³-hybridized carbons (Fsp3) is 0.294. The van der Waals surface area contributed by atoms with Gasteiger partial charge in [-0.3, -0.25) is 0 Å². The van der Waals surface area contributed by atoms with Crippen LogP contribution in [0.5, 0.6) is 0 Å². The Kier molecular flexibility index (Phi) is 3.71. The number of nitrogens with zero attached hydrogens (tertiary/aromatic N) is 3. The van der Waals surface area contributed by atoms with Crippen LogP contribution in [-0.4, -0.2) is 21.3 Å². The molecular formula is C17H20N4. The monoisotopic (exact) mass is 280 g/mol. The summed E-state index contributed by atoms with van der Waals surface area (Å²) in [5.74, 6) is 0.882. The van der Waals surface area contributed by atoms with Gasteiger partial charge in [0.05, 0.1) is 11.2 Å². The minimum Gasteiger partial charge on any atom is -0.313 e. The predicted octanol–water partition coefficient (Wildman–Crippen LogP) is 3.15. The van der Waals surface area contributed by atoms with E-state index in [1.54, 1.807) is 0 Å². The van der Waals surface area contributed by atoms with Crippen LogP contribution in [0.2, 0.25) is 0 Å². The molecule has 2 heterocycles. The van der Waals surface area contributed by atoms with Crippen molar-refractivity contribution in [2.75, 3.05) is 6.54 Å². The summed E-state index contributed by atoms with van der Waals surface area (Å²) in [5.41, 5.74) is 4.38. The molecule has 0 saturated heterocycles. The number of hydrogen-bond donors (Lipinski definition) is 1. The fourth-order valence-corrected chi connectivity index (χ4v) is 2.61. The molecule has 3 aromatic rings. The van der Waals surface area contributed by atoms with Crippen molar-refractivity contribution in [2.45, 2.75) is 27.3 Å². The lowest BCUT2D eigenvalue weighted by molar-refractivity contribution is 0.727. The van der Waals surface area contributed by atoms with E-state index in [1.807, 2.05) is 17.7 Å². The highest BCUT2D eigenvalue weighted by Gasteiger charge is 2.09. The summed E-state index contributed by atoms with van der Waals surface area (Å²) in [6.45, 7) is 7.97. The lowest BCUT2D eigenvalue weighted by Crippen LogP contribution is -2.13. The van der Waals surface area contributed by atoms with E-state index in [2.05, 4.69) is 54.6 Å². The van der Waals surface area contributed by atoms with Crippen LogP contribution in [0.25, 0.3) is 16.7 Å². The molecule has 4 nitrogen and oxygen atoms in total. The molecule has 0 amide bonds. The lowest BCUT2D eigenvalue weighted by atomic mass is 10.1. The van der Waals surface area contributed by atoms with Crippen LogP contribution in [0, 0.1) is 13.8 Å². The van der Waals surface area contributed by atoms with Gasteiger partial charge >= 0.3 is 0 Å². The molecule has 0 unspecified atom stereocenters. The summed E-state index contributed by atoms with van der Waals surface area (Å²) in [6.07, 6.45) is 0. The van der Waals surface area contributed by atoms with Crippen molar-refractivity contribution in [1.29, 1.82) is 0 Å². The second-order valence-corrected chi connectivity index (χ2v) is 5.28. The van der Waals surface area contributed by atoms with Gasteiger partial charge in [0, 0.05) is 17.6 Å². The molecule has 0 bridgehead atoms. The smallest absolute Gasteiger partial charge is 0.154 e. The first kappa shape index (κ1) is 13.8. The maximum atomic E-state index is 4.76. The van der Waals surface area contributed by atoms with E-state index in [0.717, 1.165) is 35.8 Å². The Labute approximate surface area is 124 Å². The Morgan fingerprint density at radius 2 is 1.95 bits per heavy atom. The van der Waals surface area contributed by atoms with Gasteiger partial charge in [0.25, 0.3) is 0 Å². The summed E-state index contributed by atoms with van der Waals surface area (Å²) in [7, 11) is 0. The molecule has 0 fully saturated rings. The van der Waals surface area contributed by atoms with Crippen molar-refractivity contribution in [2.24, 2.45) is 0 Å². The number of para-hydroxylation sites is 1. The molecule has 108 valence electrons. The highest BCUT2D eigenvalue weighted by molar-refractivity contribution is 5.83. The van der Waals surface area contributed by atoms with Gasteiger partial charge in [-0.25, -0.2) is 9.67 Å². The molecule has 0 aliphatic carbocycles. The number of aromatic nitrogens is 3. The van der Waals surface area contributed by atoms with Crippen molar-refractivity contribution in [3.63, 3.8) is 0 Å². The molecule has 21 heavy (non-hydrogen) atoms. The van der Waals surface area contributed by atoms with Crippen LogP contribution in [0.4, 0.5) is 0 Å². The van der Waals surface area contributed by atoms with Crippen molar-refractivity contribution in [3.05, 3.63) is 53.3 Å². The molecule has 1 N–H and O–H groups in total. The Morgan fingerprint density at radius 3 is 2.67 bits per heavy atom. The molecule has 0 spiro atoms. The first-order valence-electron chi connectivity index (χ1n) is 7.32. The molecule has 0 aliphatic heterocycles. The molecule has 3 rings (SSSR count). The Morgan fingerprint density at radius 1 is 1.14 bits per heavy atom. The van der Waals surface area contributed by atoms with Crippen molar-refractivity contribution < 1.29 is 0 Å². The third-order valence-electron chi connectivity index (χ3n) is 3.58. The van der Waals surface area contributed by atoms with Crippen LogP contribution in [0.3, 0.4) is 0 Å². The summed E-state index contributed by atoms with van der Waals surface area (Å²) in [6, 6.07) is 12.5. The number of aryl methyl sites for hydroxylation is 2. The maximum absolute atomic E-state index is 4.76. The van der Waals surface area contributed by atoms with Gasteiger partial charge < -0.3 is 5.32 Å². The zero-order chi connectivity index (χ0) is 14.8. The molecule has 0 saturated carbocycles. The largest absolute Gasteiger partial charge is 0.313 e. The molecular weight excluding hydrogens is 260 g/mol. The minimum atomic E-state index is 0.839. The van der Waals surface area contributed by atoms with Gasteiger partial charge in [-0.05, 0) is 44.2 Å². The fourth-order valence-electron chi connectivity index (χ4n) is 2.61. The summed E-state index contributed by atoms with van der Waals surface area (Å²) in [4.78, 5) is 4.76. The van der Waals surface area contributed by atoms with Gasteiger partial charge in [0.2, 0.25) is 0 Å². The van der Waals surface area contributed by atoms with Crippen LogP contribution in [0.15, 0.2) is 36.4 Å². The number of pyridine rings is 1. The molecule has 4 heteroatoms. The SMILES string of the molecule is CCNCc1cc(-n2nc(C)cc2C)nc2ccccc12. The van der Waals surface area contributed by atoms with E-state index in [-0.39, 0.29) is 0 Å². The van der Waals surface area contributed by atoms with E-state index in [9.17, 15) is 0 Å². The zero-order valence-corrected chi connectivity index (χ0v) is 12.7. The molecule has 0 radical (unpaired) electrons. The van der Waals surface area contributed by atoms with Gasteiger partial charge in [0.1, 0.15) is 0 Å². The van der Waals surface area contributed by atoms with E-state index in [1.165, 1.54) is 10.9 Å². The number of rotatable bonds is 4. The summed E-state index contributed by atoms with van der Waals surface area (Å²) < 4.78 is 1.91. The van der Waals surface area contributed by atoms with E-state index in [0.29, 0.717) is 0 Å². The number of nitrogens with one attached hydrogen (secondary N) is 1. The van der Waals surface area contributed by atoms with E-state index in [4.69, 9.17) is 4.98 Å². The standard InChI is InChI=1S/C17H20N4/c1-4-18-11-14-10-17(21-13(3)9-12(2)20-21)19-16-8-6-5-7-15(14)16/h5-10,18H,4,11H2,1-3H3. The quantitative estimate of drug-likeness (QED) is 0.798. The summed E-state index contributed by atoms with van der Waals surface area (Å²) >= 11 is 0. The van der Waals surface area contributed by atoms with Gasteiger partial charge in [-0.2, -0.15) is 5.10 Å². The average molecular weight is 280 g/mol. The Bertz CT molecular complexity index is 774. The maximum Gasteiger partial charge on any atom is 0.154 e. The Balaban J connectivity index is 2.17. The van der Waals surface area contributed by atoms with Crippen LogP contribution in [-0.2, 0) is 6.54 Å². The van der Waals surface area contributed by atoms with Crippen molar-refractivity contribution >= 4 is 10.9 Å². The van der Waals surface area contributed by atoms with Crippen LogP contribution < -0.4 is 5.32 Å². The summed E-state index contributed by atoms with van der Waals surface area (Å²) in [5, 5.41) is 9.14. The average Bonchev–Trinajstić information content (AvgIpc) is 2.83. The number of benzene rings is 1. The second kappa shape index (κ2) is 5.66. The number of fused-ring (bicyclic) bond motifs is 1. The Hall–Kier alpha value is -2.20. The highest BCUT2D eigenvalue weighted by atomic mass is 15.3. The lowest BCUT2D eigenvalue weighted by Gasteiger charge is -2.11. The van der Waals surface area contributed by atoms with Crippen molar-refractivity contribution in [1.82, 2.24) is 20.1 Å². The third-order valence-corrected chi connectivity index (χ3v) is 3.58. The topological polar surface area (TPSA) is 42.7 Å².